The molecule has 4 aromatic rings. The molecule has 1 aromatic heterocycles. The third-order valence-corrected chi connectivity index (χ3v) is 5.63. The molecule has 5 nitrogen and oxygen atoms in total. The van der Waals surface area contributed by atoms with E-state index in [4.69, 9.17) is 5.73 Å². The van der Waals surface area contributed by atoms with Crippen LogP contribution in [0.1, 0.15) is 11.1 Å². The second-order valence-corrected chi connectivity index (χ2v) is 7.78. The van der Waals surface area contributed by atoms with Gasteiger partial charge in [0.1, 0.15) is 0 Å². The highest BCUT2D eigenvalue weighted by Gasteiger charge is 2.28. The molecule has 0 unspecified atom stereocenters. The van der Waals surface area contributed by atoms with Gasteiger partial charge in [-0.05, 0) is 23.8 Å². The van der Waals surface area contributed by atoms with Gasteiger partial charge in [-0.2, -0.15) is 0 Å². The number of benzene rings is 3. The van der Waals surface area contributed by atoms with Crippen molar-refractivity contribution < 1.29 is 4.79 Å². The van der Waals surface area contributed by atoms with Gasteiger partial charge in [0.2, 0.25) is 0 Å². The molecule has 1 aliphatic rings. The topological polar surface area (TPSA) is 80.0 Å². The molecule has 0 radical (unpaired) electrons. The van der Waals surface area contributed by atoms with Crippen LogP contribution in [0.25, 0.3) is 22.5 Å². The molecule has 0 bridgehead atoms. The molecule has 3 aromatic carbocycles. The summed E-state index contributed by atoms with van der Waals surface area (Å²) in [5.74, 6) is -0.114. The fraction of sp³-hybridized carbons (Fsp3) is 0. The number of nitrogens with one attached hydrogen (secondary N) is 2. The summed E-state index contributed by atoms with van der Waals surface area (Å²) in [4.78, 5) is 17.2. The molecule has 0 spiro atoms. The van der Waals surface area contributed by atoms with Crippen molar-refractivity contribution in [2.24, 2.45) is 0 Å². The van der Waals surface area contributed by atoms with Crippen molar-refractivity contribution in [1.82, 2.24) is 4.98 Å². The van der Waals surface area contributed by atoms with Crippen LogP contribution in [0.5, 0.6) is 0 Å². The van der Waals surface area contributed by atoms with E-state index in [0.29, 0.717) is 10.7 Å². The zero-order chi connectivity index (χ0) is 20.5. The van der Waals surface area contributed by atoms with Gasteiger partial charge in [0.25, 0.3) is 5.91 Å². The number of fused-ring (bicyclic) bond motifs is 1. The van der Waals surface area contributed by atoms with Gasteiger partial charge >= 0.3 is 0 Å². The van der Waals surface area contributed by atoms with E-state index in [-0.39, 0.29) is 5.91 Å². The Labute approximate surface area is 177 Å². The molecule has 6 heteroatoms. The van der Waals surface area contributed by atoms with Crippen LogP contribution in [-0.4, -0.2) is 10.9 Å². The Balaban J connectivity index is 1.57. The van der Waals surface area contributed by atoms with Crippen LogP contribution in [0.15, 0.2) is 84.2 Å². The fourth-order valence-electron chi connectivity index (χ4n) is 3.54. The lowest BCUT2D eigenvalue weighted by molar-refractivity contribution is -0.110. The highest BCUT2D eigenvalue weighted by molar-refractivity contribution is 7.13. The molecular formula is C24H18N4OS. The second-order valence-electron chi connectivity index (χ2n) is 6.89. The van der Waals surface area contributed by atoms with Crippen molar-refractivity contribution in [3.05, 3.63) is 95.4 Å². The van der Waals surface area contributed by atoms with Crippen molar-refractivity contribution >= 4 is 45.0 Å². The van der Waals surface area contributed by atoms with Crippen LogP contribution in [0.3, 0.4) is 0 Å². The van der Waals surface area contributed by atoms with Gasteiger partial charge in [-0.15, -0.1) is 11.3 Å². The monoisotopic (exact) mass is 410 g/mol. The molecule has 0 aliphatic carbocycles. The van der Waals surface area contributed by atoms with Crippen LogP contribution in [0.2, 0.25) is 0 Å². The number of rotatable bonds is 4. The number of para-hydroxylation sites is 1. The van der Waals surface area contributed by atoms with Gasteiger partial charge in [-0.3, -0.25) is 4.79 Å². The van der Waals surface area contributed by atoms with E-state index in [1.54, 1.807) is 0 Å². The maximum Gasteiger partial charge on any atom is 0.258 e. The number of carbonyl (C=O) groups is 1. The fourth-order valence-corrected chi connectivity index (χ4v) is 4.11. The van der Waals surface area contributed by atoms with Gasteiger partial charge in [0.05, 0.1) is 17.0 Å². The second kappa shape index (κ2) is 7.50. The molecule has 0 fully saturated rings. The third-order valence-electron chi connectivity index (χ3n) is 4.96. The van der Waals surface area contributed by atoms with Crippen molar-refractivity contribution in [2.75, 3.05) is 16.4 Å². The standard InChI is InChI=1S/C24H18N4OS/c25-24-28-20(14-30-24)15-10-12-17(13-11-15)26-22(16-6-2-1-3-7-16)21-18-8-4-5-9-19(18)27-23(21)29/h1-14,26H,(H2,25,28)(H,27,29). The Bertz CT molecular complexity index is 1260. The van der Waals surface area contributed by atoms with Gasteiger partial charge < -0.3 is 16.4 Å². The summed E-state index contributed by atoms with van der Waals surface area (Å²) in [7, 11) is 0. The first-order valence-corrected chi connectivity index (χ1v) is 10.4. The van der Waals surface area contributed by atoms with E-state index < -0.39 is 0 Å². The summed E-state index contributed by atoms with van der Waals surface area (Å²) in [5, 5.41) is 8.92. The molecule has 2 heterocycles. The summed E-state index contributed by atoms with van der Waals surface area (Å²) in [6.45, 7) is 0. The van der Waals surface area contributed by atoms with Gasteiger partial charge in [-0.25, -0.2) is 4.98 Å². The lowest BCUT2D eigenvalue weighted by atomic mass is 10.00. The van der Waals surface area contributed by atoms with Crippen LogP contribution < -0.4 is 16.4 Å². The smallest absolute Gasteiger partial charge is 0.258 e. The van der Waals surface area contributed by atoms with E-state index >= 15 is 0 Å². The minimum atomic E-state index is -0.114. The van der Waals surface area contributed by atoms with E-state index in [9.17, 15) is 4.79 Å². The van der Waals surface area contributed by atoms with Crippen LogP contribution in [0.4, 0.5) is 16.5 Å². The zero-order valence-corrected chi connectivity index (χ0v) is 16.7. The largest absolute Gasteiger partial charge is 0.375 e. The first-order valence-electron chi connectivity index (χ1n) is 9.48. The number of nitrogen functional groups attached to an aromatic ring is 1. The molecule has 0 saturated carbocycles. The van der Waals surface area contributed by atoms with Gasteiger partial charge in [0, 0.05) is 27.9 Å². The Morgan fingerprint density at radius 1 is 0.933 bits per heavy atom. The minimum absolute atomic E-state index is 0.114. The van der Waals surface area contributed by atoms with Crippen LogP contribution in [-0.2, 0) is 4.79 Å². The third kappa shape index (κ3) is 3.33. The first kappa shape index (κ1) is 18.1. The number of carbonyl (C=O) groups excluding carboxylic acids is 1. The molecule has 1 aliphatic heterocycles. The van der Waals surface area contributed by atoms with Crippen LogP contribution >= 0.6 is 11.3 Å². The number of amides is 1. The molecule has 1 amide bonds. The zero-order valence-electron chi connectivity index (χ0n) is 15.9. The van der Waals surface area contributed by atoms with E-state index in [2.05, 4.69) is 15.6 Å². The van der Waals surface area contributed by atoms with Crippen LogP contribution in [0, 0.1) is 0 Å². The number of thiazole rings is 1. The van der Waals surface area contributed by atoms with E-state index in [0.717, 1.165) is 39.5 Å². The summed E-state index contributed by atoms with van der Waals surface area (Å²) in [6, 6.07) is 25.6. The minimum Gasteiger partial charge on any atom is -0.375 e. The number of nitrogens with two attached hydrogens (primary N) is 1. The van der Waals surface area contributed by atoms with Crippen molar-refractivity contribution in [3.63, 3.8) is 0 Å². The average Bonchev–Trinajstić information content (AvgIpc) is 3.35. The van der Waals surface area contributed by atoms with Gasteiger partial charge in [-0.1, -0.05) is 60.7 Å². The molecule has 0 atom stereocenters. The van der Waals surface area contributed by atoms with Crippen molar-refractivity contribution in [3.8, 4) is 11.3 Å². The number of hydrogen-bond acceptors (Lipinski definition) is 5. The Morgan fingerprint density at radius 3 is 2.40 bits per heavy atom. The highest BCUT2D eigenvalue weighted by atomic mass is 32.1. The normalized spacial score (nSPS) is 14.2. The maximum absolute atomic E-state index is 12.8. The van der Waals surface area contributed by atoms with E-state index in [1.807, 2.05) is 84.2 Å². The Morgan fingerprint density at radius 2 is 1.67 bits per heavy atom. The summed E-state index contributed by atoms with van der Waals surface area (Å²) >= 11 is 1.42. The number of anilines is 3. The molecule has 5 rings (SSSR count). The molecule has 0 saturated heterocycles. The average molecular weight is 411 g/mol. The predicted octanol–water partition coefficient (Wildman–Crippen LogP) is 5.32. The summed E-state index contributed by atoms with van der Waals surface area (Å²) in [5.41, 5.74) is 12.5. The molecule has 146 valence electrons. The van der Waals surface area contributed by atoms with Crippen molar-refractivity contribution in [2.45, 2.75) is 0 Å². The molecular weight excluding hydrogens is 392 g/mol. The number of hydrogen-bond donors (Lipinski definition) is 3. The molecule has 4 N–H and O–H groups in total. The Kier molecular flexibility index (Phi) is 4.53. The highest BCUT2D eigenvalue weighted by Crippen LogP contribution is 2.37. The van der Waals surface area contributed by atoms with E-state index in [1.165, 1.54) is 11.3 Å². The first-order chi connectivity index (χ1) is 14.7. The predicted molar refractivity (Wildman–Crippen MR) is 124 cm³/mol. The van der Waals surface area contributed by atoms with Crippen molar-refractivity contribution in [1.29, 1.82) is 0 Å². The summed E-state index contributed by atoms with van der Waals surface area (Å²) < 4.78 is 0. The van der Waals surface area contributed by atoms with Gasteiger partial charge in [0.15, 0.2) is 5.13 Å². The summed E-state index contributed by atoms with van der Waals surface area (Å²) in [6.07, 6.45) is 0. The Hall–Kier alpha value is -3.90. The number of aromatic nitrogens is 1. The lowest BCUT2D eigenvalue weighted by Gasteiger charge is -2.15. The lowest BCUT2D eigenvalue weighted by Crippen LogP contribution is -2.10. The quantitative estimate of drug-likeness (QED) is 0.398. The molecule has 30 heavy (non-hydrogen) atoms. The maximum atomic E-state index is 12.8. The number of nitrogens with zero attached hydrogens (tertiary/aromatic N) is 1. The SMILES string of the molecule is Nc1nc(-c2ccc(NC(=C3C(=O)Nc4ccccc43)c3ccccc3)cc2)cs1.